The summed E-state index contributed by atoms with van der Waals surface area (Å²) in [7, 11) is 0. The average Bonchev–Trinajstić information content (AvgIpc) is 2.79. The van der Waals surface area contributed by atoms with Crippen LogP contribution in [0.4, 0.5) is 0 Å². The van der Waals surface area contributed by atoms with Crippen LogP contribution in [0.2, 0.25) is 0 Å². The molecule has 0 aliphatic carbocycles. The zero-order valence-electron chi connectivity index (χ0n) is 15.7. The Kier molecular flexibility index (Phi) is 5.20. The summed E-state index contributed by atoms with van der Waals surface area (Å²) in [5, 5.41) is 9.36. The number of aromatic nitrogens is 2. The van der Waals surface area contributed by atoms with Crippen molar-refractivity contribution in [3.8, 4) is 17.1 Å². The first kappa shape index (κ1) is 18.6. The van der Waals surface area contributed by atoms with Crippen molar-refractivity contribution in [3.63, 3.8) is 0 Å². The third-order valence-corrected chi connectivity index (χ3v) is 4.90. The summed E-state index contributed by atoms with van der Waals surface area (Å²) < 4.78 is 0. The predicted molar refractivity (Wildman–Crippen MR) is 107 cm³/mol. The number of hydrogen-bond acceptors (Lipinski definition) is 5. The molecule has 7 heteroatoms. The van der Waals surface area contributed by atoms with Gasteiger partial charge in [0.15, 0.2) is 5.82 Å². The van der Waals surface area contributed by atoms with E-state index in [1.54, 1.807) is 34.3 Å². The molecule has 0 spiro atoms. The molecule has 1 aliphatic heterocycles. The van der Waals surface area contributed by atoms with Crippen LogP contribution >= 0.6 is 0 Å². The molecule has 1 fully saturated rings. The molecule has 0 unspecified atom stereocenters. The van der Waals surface area contributed by atoms with Gasteiger partial charge in [0, 0.05) is 49.7 Å². The molecule has 2 amide bonds. The number of carbonyl (C=O) groups excluding carboxylic acids is 2. The van der Waals surface area contributed by atoms with Crippen molar-refractivity contribution in [1.82, 2.24) is 19.8 Å². The van der Waals surface area contributed by atoms with Gasteiger partial charge in [-0.15, -0.1) is 0 Å². The molecule has 2 heterocycles. The van der Waals surface area contributed by atoms with E-state index in [-0.39, 0.29) is 17.6 Å². The van der Waals surface area contributed by atoms with E-state index in [2.05, 4.69) is 9.97 Å². The highest BCUT2D eigenvalue weighted by atomic mass is 16.3. The first-order valence-electron chi connectivity index (χ1n) is 9.37. The van der Waals surface area contributed by atoms with Crippen LogP contribution in [0.25, 0.3) is 11.4 Å². The zero-order valence-corrected chi connectivity index (χ0v) is 15.7. The van der Waals surface area contributed by atoms with Crippen LogP contribution in [0.3, 0.4) is 0 Å². The molecule has 1 saturated heterocycles. The topological polar surface area (TPSA) is 86.6 Å². The molecular weight excluding hydrogens is 368 g/mol. The second kappa shape index (κ2) is 8.10. The highest BCUT2D eigenvalue weighted by Crippen LogP contribution is 2.16. The van der Waals surface area contributed by atoms with E-state index in [0.717, 1.165) is 5.56 Å². The van der Waals surface area contributed by atoms with Gasteiger partial charge in [-0.1, -0.05) is 30.3 Å². The second-order valence-corrected chi connectivity index (χ2v) is 6.79. The van der Waals surface area contributed by atoms with Crippen LogP contribution in [0, 0.1) is 0 Å². The van der Waals surface area contributed by atoms with Crippen LogP contribution in [0.1, 0.15) is 20.7 Å². The Bertz CT molecular complexity index is 996. The maximum absolute atomic E-state index is 12.7. The molecule has 4 rings (SSSR count). The van der Waals surface area contributed by atoms with E-state index in [4.69, 9.17) is 0 Å². The number of hydrogen-bond donors (Lipinski definition) is 1. The number of piperazine rings is 1. The Hall–Kier alpha value is -3.74. The summed E-state index contributed by atoms with van der Waals surface area (Å²) in [5.41, 5.74) is 1.85. The first-order chi connectivity index (χ1) is 14.1. The Morgan fingerprint density at radius 3 is 1.79 bits per heavy atom. The molecule has 7 nitrogen and oxygen atoms in total. The van der Waals surface area contributed by atoms with Crippen LogP contribution < -0.4 is 0 Å². The number of phenols is 1. The minimum atomic E-state index is -0.138. The lowest BCUT2D eigenvalue weighted by Gasteiger charge is -2.34. The smallest absolute Gasteiger partial charge is 0.257 e. The quantitative estimate of drug-likeness (QED) is 0.745. The normalized spacial score (nSPS) is 13.9. The SMILES string of the molecule is O=C(c1ccc(O)cc1)N1CCN(C(=O)c2cnc(-c3ccccc3)nc2)CC1. The molecule has 2 aromatic carbocycles. The fourth-order valence-electron chi connectivity index (χ4n) is 3.26. The van der Waals surface area contributed by atoms with Gasteiger partial charge in [0.25, 0.3) is 11.8 Å². The van der Waals surface area contributed by atoms with E-state index < -0.39 is 0 Å². The summed E-state index contributed by atoms with van der Waals surface area (Å²) in [6, 6.07) is 15.8. The molecule has 1 aromatic heterocycles. The van der Waals surface area contributed by atoms with Crippen molar-refractivity contribution in [2.45, 2.75) is 0 Å². The van der Waals surface area contributed by atoms with Crippen molar-refractivity contribution in [3.05, 3.63) is 78.1 Å². The van der Waals surface area contributed by atoms with Gasteiger partial charge in [0.2, 0.25) is 0 Å². The van der Waals surface area contributed by atoms with Crippen molar-refractivity contribution < 1.29 is 14.7 Å². The number of benzene rings is 2. The standard InChI is InChI=1S/C22H20N4O3/c27-19-8-6-17(7-9-19)21(28)25-10-12-26(13-11-25)22(29)18-14-23-20(24-15-18)16-4-2-1-3-5-16/h1-9,14-15,27H,10-13H2. The van der Waals surface area contributed by atoms with Gasteiger partial charge in [0.05, 0.1) is 5.56 Å². The average molecular weight is 388 g/mol. The second-order valence-electron chi connectivity index (χ2n) is 6.79. The van der Waals surface area contributed by atoms with E-state index in [1.807, 2.05) is 30.3 Å². The van der Waals surface area contributed by atoms with Gasteiger partial charge in [-0.2, -0.15) is 0 Å². The lowest BCUT2D eigenvalue weighted by atomic mass is 10.1. The number of phenolic OH excluding ortho intramolecular Hbond substituents is 1. The minimum Gasteiger partial charge on any atom is -0.508 e. The Morgan fingerprint density at radius 1 is 0.724 bits per heavy atom. The molecule has 29 heavy (non-hydrogen) atoms. The van der Waals surface area contributed by atoms with E-state index in [9.17, 15) is 14.7 Å². The van der Waals surface area contributed by atoms with Crippen molar-refractivity contribution >= 4 is 11.8 Å². The van der Waals surface area contributed by atoms with Gasteiger partial charge >= 0.3 is 0 Å². The Morgan fingerprint density at radius 2 is 1.24 bits per heavy atom. The summed E-state index contributed by atoms with van der Waals surface area (Å²) in [6.45, 7) is 1.80. The largest absolute Gasteiger partial charge is 0.508 e. The van der Waals surface area contributed by atoms with Gasteiger partial charge in [-0.3, -0.25) is 9.59 Å². The summed E-state index contributed by atoms with van der Waals surface area (Å²) in [4.78, 5) is 37.3. The number of carbonyl (C=O) groups is 2. The van der Waals surface area contributed by atoms with Crippen molar-refractivity contribution in [2.24, 2.45) is 0 Å². The summed E-state index contributed by atoms with van der Waals surface area (Å²) in [5.74, 6) is 0.456. The van der Waals surface area contributed by atoms with E-state index in [0.29, 0.717) is 43.1 Å². The predicted octanol–water partition coefficient (Wildman–Crippen LogP) is 2.45. The lowest BCUT2D eigenvalue weighted by Crippen LogP contribution is -2.50. The number of nitrogens with zero attached hydrogens (tertiary/aromatic N) is 4. The zero-order chi connectivity index (χ0) is 20.2. The van der Waals surface area contributed by atoms with Crippen LogP contribution in [-0.2, 0) is 0 Å². The molecule has 0 bridgehead atoms. The van der Waals surface area contributed by atoms with Crippen molar-refractivity contribution in [1.29, 1.82) is 0 Å². The molecule has 1 N–H and O–H groups in total. The van der Waals surface area contributed by atoms with E-state index in [1.165, 1.54) is 12.1 Å². The monoisotopic (exact) mass is 388 g/mol. The van der Waals surface area contributed by atoms with E-state index >= 15 is 0 Å². The number of rotatable bonds is 3. The summed E-state index contributed by atoms with van der Waals surface area (Å²) in [6.07, 6.45) is 3.09. The maximum atomic E-state index is 12.7. The van der Waals surface area contributed by atoms with Gasteiger partial charge in [-0.05, 0) is 24.3 Å². The summed E-state index contributed by atoms with van der Waals surface area (Å²) >= 11 is 0. The first-order valence-corrected chi connectivity index (χ1v) is 9.37. The molecule has 146 valence electrons. The highest BCUT2D eigenvalue weighted by Gasteiger charge is 2.26. The molecule has 1 aliphatic rings. The molecule has 0 saturated carbocycles. The molecular formula is C22H20N4O3. The fraction of sp³-hybridized carbons (Fsp3) is 0.182. The van der Waals surface area contributed by atoms with Crippen LogP contribution in [0.15, 0.2) is 67.0 Å². The third-order valence-electron chi connectivity index (χ3n) is 4.90. The Balaban J connectivity index is 1.37. The van der Waals surface area contributed by atoms with Crippen LogP contribution in [0.5, 0.6) is 5.75 Å². The fourth-order valence-corrected chi connectivity index (χ4v) is 3.26. The van der Waals surface area contributed by atoms with Gasteiger partial charge in [-0.25, -0.2) is 9.97 Å². The maximum Gasteiger partial charge on any atom is 0.257 e. The van der Waals surface area contributed by atoms with Gasteiger partial charge in [0.1, 0.15) is 5.75 Å². The molecule has 3 aromatic rings. The third kappa shape index (κ3) is 4.08. The number of amides is 2. The minimum absolute atomic E-state index is 0.104. The lowest BCUT2D eigenvalue weighted by molar-refractivity contribution is 0.0535. The number of aromatic hydroxyl groups is 1. The highest BCUT2D eigenvalue weighted by molar-refractivity contribution is 5.95. The molecule has 0 atom stereocenters. The molecule has 0 radical (unpaired) electrons. The van der Waals surface area contributed by atoms with Crippen LogP contribution in [-0.4, -0.2) is 62.9 Å². The van der Waals surface area contributed by atoms with Crippen molar-refractivity contribution in [2.75, 3.05) is 26.2 Å². The van der Waals surface area contributed by atoms with Gasteiger partial charge < -0.3 is 14.9 Å². The Labute approximate surface area is 168 Å².